The minimum absolute atomic E-state index is 0.171. The van der Waals surface area contributed by atoms with Gasteiger partial charge in [-0.15, -0.1) is 0 Å². The van der Waals surface area contributed by atoms with Crippen molar-refractivity contribution in [2.24, 2.45) is 5.41 Å². The highest BCUT2D eigenvalue weighted by molar-refractivity contribution is 9.10. The zero-order chi connectivity index (χ0) is 13.3. The van der Waals surface area contributed by atoms with Crippen LogP contribution in [0.25, 0.3) is 0 Å². The highest BCUT2D eigenvalue weighted by atomic mass is 79.9. The van der Waals surface area contributed by atoms with E-state index in [4.69, 9.17) is 9.47 Å². The third-order valence-corrected chi connectivity index (χ3v) is 3.80. The molecule has 0 saturated heterocycles. The lowest BCUT2D eigenvalue weighted by Crippen LogP contribution is -2.30. The van der Waals surface area contributed by atoms with Crippen molar-refractivity contribution in [3.8, 4) is 0 Å². The van der Waals surface area contributed by atoms with Gasteiger partial charge in [-0.3, -0.25) is 9.59 Å². The van der Waals surface area contributed by atoms with Crippen LogP contribution in [0.15, 0.2) is 28.7 Å². The number of hydrogen-bond donors (Lipinski definition) is 0. The third-order valence-electron chi connectivity index (χ3n) is 3.31. The minimum atomic E-state index is -1.16. The molecule has 5 heteroatoms. The van der Waals surface area contributed by atoms with Crippen molar-refractivity contribution in [1.29, 1.82) is 0 Å². The maximum Gasteiger partial charge on any atom is 0.323 e. The second-order valence-electron chi connectivity index (χ2n) is 4.27. The van der Waals surface area contributed by atoms with Crippen LogP contribution in [0, 0.1) is 5.41 Å². The van der Waals surface area contributed by atoms with Crippen LogP contribution in [0.2, 0.25) is 0 Å². The van der Waals surface area contributed by atoms with E-state index >= 15 is 0 Å². The van der Waals surface area contributed by atoms with Gasteiger partial charge in [0, 0.05) is 10.4 Å². The Morgan fingerprint density at radius 3 is 2.39 bits per heavy atom. The van der Waals surface area contributed by atoms with Gasteiger partial charge in [-0.1, -0.05) is 28.1 Å². The maximum atomic E-state index is 11.8. The lowest BCUT2D eigenvalue weighted by Gasteiger charge is -2.12. The van der Waals surface area contributed by atoms with Gasteiger partial charge in [0.25, 0.3) is 0 Å². The first-order chi connectivity index (χ1) is 8.56. The first-order valence-corrected chi connectivity index (χ1v) is 6.28. The van der Waals surface area contributed by atoms with E-state index in [0.29, 0.717) is 6.42 Å². The molecule has 0 spiro atoms. The largest absolute Gasteiger partial charge is 0.468 e. The van der Waals surface area contributed by atoms with Crippen molar-refractivity contribution >= 4 is 27.9 Å². The molecule has 4 nitrogen and oxygen atoms in total. The van der Waals surface area contributed by atoms with Crippen LogP contribution >= 0.6 is 15.9 Å². The lowest BCUT2D eigenvalue weighted by molar-refractivity contribution is -0.161. The number of carbonyl (C=O) groups excluding carboxylic acids is 2. The normalized spacial score (nSPS) is 20.1. The summed E-state index contributed by atoms with van der Waals surface area (Å²) in [6.07, 6.45) is 0.433. The summed E-state index contributed by atoms with van der Waals surface area (Å²) in [6, 6.07) is 7.56. The van der Waals surface area contributed by atoms with E-state index in [1.54, 1.807) is 0 Å². The predicted molar refractivity (Wildman–Crippen MR) is 68.0 cm³/mol. The lowest BCUT2D eigenvalue weighted by atomic mass is 9.99. The van der Waals surface area contributed by atoms with Crippen molar-refractivity contribution in [1.82, 2.24) is 0 Å². The second kappa shape index (κ2) is 4.72. The van der Waals surface area contributed by atoms with E-state index in [9.17, 15) is 9.59 Å². The number of hydrogen-bond acceptors (Lipinski definition) is 4. The molecule has 0 N–H and O–H groups in total. The van der Waals surface area contributed by atoms with E-state index in [1.165, 1.54) is 14.2 Å². The van der Waals surface area contributed by atoms with Gasteiger partial charge in [0.2, 0.25) is 0 Å². The summed E-state index contributed by atoms with van der Waals surface area (Å²) in [6.45, 7) is 0. The molecular formula is C13H13BrO4. The molecule has 1 aliphatic rings. The molecule has 1 saturated carbocycles. The van der Waals surface area contributed by atoms with Gasteiger partial charge in [0.1, 0.15) is 0 Å². The molecule has 0 aliphatic heterocycles. The summed E-state index contributed by atoms with van der Waals surface area (Å²) in [5.41, 5.74) is -0.232. The number of benzene rings is 1. The Morgan fingerprint density at radius 2 is 1.89 bits per heavy atom. The van der Waals surface area contributed by atoms with E-state index < -0.39 is 17.4 Å². The zero-order valence-corrected chi connectivity index (χ0v) is 11.7. The smallest absolute Gasteiger partial charge is 0.323 e. The van der Waals surface area contributed by atoms with Crippen LogP contribution in [-0.4, -0.2) is 26.2 Å². The number of halogens is 1. The van der Waals surface area contributed by atoms with E-state index in [-0.39, 0.29) is 5.92 Å². The summed E-state index contributed by atoms with van der Waals surface area (Å²) in [5.74, 6) is -1.23. The van der Waals surface area contributed by atoms with Crippen LogP contribution in [0.1, 0.15) is 17.9 Å². The average molecular weight is 313 g/mol. The van der Waals surface area contributed by atoms with Crippen molar-refractivity contribution in [3.63, 3.8) is 0 Å². The minimum Gasteiger partial charge on any atom is -0.468 e. The van der Waals surface area contributed by atoms with Crippen molar-refractivity contribution < 1.29 is 19.1 Å². The Morgan fingerprint density at radius 1 is 1.28 bits per heavy atom. The number of carbonyl (C=O) groups is 2. The Labute approximate surface area is 113 Å². The first-order valence-electron chi connectivity index (χ1n) is 5.48. The number of methoxy groups -OCH3 is 2. The molecule has 0 aromatic heterocycles. The second-order valence-corrected chi connectivity index (χ2v) is 5.18. The molecule has 2 rings (SSSR count). The molecule has 18 heavy (non-hydrogen) atoms. The van der Waals surface area contributed by atoms with Crippen molar-refractivity contribution in [2.45, 2.75) is 12.3 Å². The molecule has 1 aromatic rings. The van der Waals surface area contributed by atoms with E-state index in [2.05, 4.69) is 15.9 Å². The summed E-state index contributed by atoms with van der Waals surface area (Å²) >= 11 is 3.37. The van der Waals surface area contributed by atoms with Crippen molar-refractivity contribution in [2.75, 3.05) is 14.2 Å². The van der Waals surface area contributed by atoms with Crippen LogP contribution in [-0.2, 0) is 19.1 Å². The van der Waals surface area contributed by atoms with Crippen molar-refractivity contribution in [3.05, 3.63) is 34.3 Å². The summed E-state index contributed by atoms with van der Waals surface area (Å²) in [5, 5.41) is 0. The Kier molecular flexibility index (Phi) is 3.43. The molecule has 1 fully saturated rings. The summed E-state index contributed by atoms with van der Waals surface area (Å²) in [4.78, 5) is 23.7. The van der Waals surface area contributed by atoms with Gasteiger partial charge in [0.05, 0.1) is 14.2 Å². The highest BCUT2D eigenvalue weighted by Gasteiger charge is 2.68. The number of ether oxygens (including phenoxy) is 2. The van der Waals surface area contributed by atoms with Gasteiger partial charge in [-0.2, -0.15) is 0 Å². The number of rotatable bonds is 3. The monoisotopic (exact) mass is 312 g/mol. The van der Waals surface area contributed by atoms with Gasteiger partial charge < -0.3 is 9.47 Å². The van der Waals surface area contributed by atoms with Gasteiger partial charge in [0.15, 0.2) is 5.41 Å². The predicted octanol–water partition coefficient (Wildman–Crippen LogP) is 2.27. The maximum absolute atomic E-state index is 11.8. The van der Waals surface area contributed by atoms with Crippen LogP contribution < -0.4 is 0 Å². The topological polar surface area (TPSA) is 52.6 Å². The number of esters is 2. The molecule has 0 heterocycles. The molecular weight excluding hydrogens is 300 g/mol. The first kappa shape index (κ1) is 13.1. The fourth-order valence-corrected chi connectivity index (χ4v) is 2.70. The molecule has 96 valence electrons. The average Bonchev–Trinajstić information content (AvgIpc) is 3.13. The molecule has 0 amide bonds. The molecule has 1 aromatic carbocycles. The standard InChI is InChI=1S/C13H13BrO4/c1-17-11(15)13(12(16)18-2)7-10(13)8-4-3-5-9(14)6-8/h3-6,10H,7H2,1-2H3. The molecule has 0 radical (unpaired) electrons. The molecule has 1 aliphatic carbocycles. The van der Waals surface area contributed by atoms with Crippen LogP contribution in [0.5, 0.6) is 0 Å². The summed E-state index contributed by atoms with van der Waals surface area (Å²) < 4.78 is 10.4. The quantitative estimate of drug-likeness (QED) is 0.634. The van der Waals surface area contributed by atoms with Gasteiger partial charge in [-0.05, 0) is 24.1 Å². The Balaban J connectivity index is 2.33. The Hall–Kier alpha value is -1.36. The molecule has 1 unspecified atom stereocenters. The fourth-order valence-electron chi connectivity index (χ4n) is 2.29. The zero-order valence-electron chi connectivity index (χ0n) is 10.1. The SMILES string of the molecule is COC(=O)C1(C(=O)OC)CC1c1cccc(Br)c1. The third kappa shape index (κ3) is 1.92. The highest BCUT2D eigenvalue weighted by Crippen LogP contribution is 2.60. The molecule has 1 atom stereocenters. The van der Waals surface area contributed by atoms with E-state index in [1.807, 2.05) is 24.3 Å². The van der Waals surface area contributed by atoms with Gasteiger partial charge >= 0.3 is 11.9 Å². The van der Waals surface area contributed by atoms with E-state index in [0.717, 1.165) is 10.0 Å². The van der Waals surface area contributed by atoms with Crippen LogP contribution in [0.4, 0.5) is 0 Å². The summed E-state index contributed by atoms with van der Waals surface area (Å²) in [7, 11) is 2.56. The van der Waals surface area contributed by atoms with Crippen LogP contribution in [0.3, 0.4) is 0 Å². The fraction of sp³-hybridized carbons (Fsp3) is 0.385. The Bertz CT molecular complexity index is 482. The van der Waals surface area contributed by atoms with Gasteiger partial charge in [-0.25, -0.2) is 0 Å². The molecule has 0 bridgehead atoms.